The fourth-order valence-corrected chi connectivity index (χ4v) is 3.82. The highest BCUT2D eigenvalue weighted by Crippen LogP contribution is 2.24. The van der Waals surface area contributed by atoms with Crippen LogP contribution in [0.15, 0.2) is 17.0 Å². The lowest BCUT2D eigenvalue weighted by Crippen LogP contribution is -2.30. The minimum atomic E-state index is -3.59. The minimum Gasteiger partial charge on any atom is -0.384 e. The van der Waals surface area contributed by atoms with Gasteiger partial charge in [0.1, 0.15) is 0 Å². The van der Waals surface area contributed by atoms with Gasteiger partial charge in [0.15, 0.2) is 0 Å². The van der Waals surface area contributed by atoms with Gasteiger partial charge < -0.3 is 10.1 Å². The van der Waals surface area contributed by atoms with Gasteiger partial charge >= 0.3 is 0 Å². The number of methoxy groups -OCH3 is 1. The van der Waals surface area contributed by atoms with E-state index < -0.39 is 10.0 Å². The first-order chi connectivity index (χ1) is 9.81. The van der Waals surface area contributed by atoms with Gasteiger partial charge in [-0.05, 0) is 43.1 Å². The zero-order chi connectivity index (χ0) is 16.0. The SMILES string of the molecule is CNCc1cc(Cl)cc(S(=O)(=O)NCC(C)COC)c1C. The summed E-state index contributed by atoms with van der Waals surface area (Å²) in [4.78, 5) is 0.227. The molecule has 0 aliphatic rings. The first-order valence-corrected chi connectivity index (χ1v) is 8.60. The largest absolute Gasteiger partial charge is 0.384 e. The van der Waals surface area contributed by atoms with Crippen molar-refractivity contribution < 1.29 is 13.2 Å². The van der Waals surface area contributed by atoms with E-state index in [4.69, 9.17) is 16.3 Å². The van der Waals surface area contributed by atoms with Gasteiger partial charge in [-0.1, -0.05) is 18.5 Å². The zero-order valence-electron chi connectivity index (χ0n) is 12.9. The first-order valence-electron chi connectivity index (χ1n) is 6.74. The quantitative estimate of drug-likeness (QED) is 0.762. The lowest BCUT2D eigenvalue weighted by atomic mass is 10.1. The summed E-state index contributed by atoms with van der Waals surface area (Å²) < 4.78 is 32.5. The molecule has 21 heavy (non-hydrogen) atoms. The molecule has 1 unspecified atom stereocenters. The lowest BCUT2D eigenvalue weighted by molar-refractivity contribution is 0.161. The number of benzene rings is 1. The minimum absolute atomic E-state index is 0.0982. The molecular weight excluding hydrogens is 312 g/mol. The summed E-state index contributed by atoms with van der Waals surface area (Å²) in [6, 6.07) is 3.26. The number of sulfonamides is 1. The van der Waals surface area contributed by atoms with E-state index in [1.165, 1.54) is 6.07 Å². The molecule has 0 bridgehead atoms. The van der Waals surface area contributed by atoms with Crippen LogP contribution in [-0.2, 0) is 21.3 Å². The van der Waals surface area contributed by atoms with Crippen molar-refractivity contribution in [3.63, 3.8) is 0 Å². The van der Waals surface area contributed by atoms with E-state index in [0.29, 0.717) is 30.3 Å². The summed E-state index contributed by atoms with van der Waals surface area (Å²) in [7, 11) is -0.187. The van der Waals surface area contributed by atoms with E-state index in [9.17, 15) is 8.42 Å². The van der Waals surface area contributed by atoms with Crippen LogP contribution in [0.3, 0.4) is 0 Å². The number of rotatable bonds is 8. The molecule has 7 heteroatoms. The molecule has 1 aromatic rings. The van der Waals surface area contributed by atoms with Crippen molar-refractivity contribution in [3.05, 3.63) is 28.3 Å². The molecule has 0 saturated carbocycles. The molecular formula is C14H23ClN2O3S. The number of halogens is 1. The maximum Gasteiger partial charge on any atom is 0.240 e. The van der Waals surface area contributed by atoms with Crippen LogP contribution in [0.25, 0.3) is 0 Å². The summed E-state index contributed by atoms with van der Waals surface area (Å²) in [5, 5.41) is 3.42. The number of hydrogen-bond donors (Lipinski definition) is 2. The number of nitrogens with one attached hydrogen (secondary N) is 2. The molecule has 5 nitrogen and oxygen atoms in total. The molecule has 0 aliphatic heterocycles. The van der Waals surface area contributed by atoms with Crippen molar-refractivity contribution in [2.45, 2.75) is 25.3 Å². The normalized spacial score (nSPS) is 13.4. The molecule has 0 saturated heterocycles. The Balaban J connectivity index is 3.02. The van der Waals surface area contributed by atoms with Crippen molar-refractivity contribution in [2.75, 3.05) is 27.3 Å². The summed E-state index contributed by atoms with van der Waals surface area (Å²) in [5.41, 5.74) is 1.58. The molecule has 0 radical (unpaired) electrons. The Morgan fingerprint density at radius 1 is 1.38 bits per heavy atom. The molecule has 0 fully saturated rings. The fraction of sp³-hybridized carbons (Fsp3) is 0.571. The molecule has 0 aromatic heterocycles. The van der Waals surface area contributed by atoms with E-state index in [0.717, 1.165) is 5.56 Å². The van der Waals surface area contributed by atoms with E-state index in [1.54, 1.807) is 27.1 Å². The van der Waals surface area contributed by atoms with E-state index >= 15 is 0 Å². The van der Waals surface area contributed by atoms with Gasteiger partial charge in [0, 0.05) is 31.8 Å². The van der Waals surface area contributed by atoms with Crippen molar-refractivity contribution >= 4 is 21.6 Å². The van der Waals surface area contributed by atoms with Crippen LogP contribution >= 0.6 is 11.6 Å². The van der Waals surface area contributed by atoms with E-state index in [2.05, 4.69) is 10.0 Å². The second-order valence-corrected chi connectivity index (χ2v) is 7.30. The van der Waals surface area contributed by atoms with Crippen molar-refractivity contribution in [2.24, 2.45) is 5.92 Å². The number of hydrogen-bond acceptors (Lipinski definition) is 4. The van der Waals surface area contributed by atoms with Crippen LogP contribution in [0.5, 0.6) is 0 Å². The molecule has 1 rings (SSSR count). The monoisotopic (exact) mass is 334 g/mol. The predicted molar refractivity (Wildman–Crippen MR) is 85.2 cm³/mol. The van der Waals surface area contributed by atoms with E-state index in [1.807, 2.05) is 6.92 Å². The van der Waals surface area contributed by atoms with Crippen LogP contribution < -0.4 is 10.0 Å². The van der Waals surface area contributed by atoms with Gasteiger partial charge in [-0.2, -0.15) is 0 Å². The van der Waals surface area contributed by atoms with Crippen LogP contribution in [0, 0.1) is 12.8 Å². The van der Waals surface area contributed by atoms with Gasteiger partial charge in [0.2, 0.25) is 10.0 Å². The zero-order valence-corrected chi connectivity index (χ0v) is 14.4. The maximum absolute atomic E-state index is 12.4. The first kappa shape index (κ1) is 18.4. The Labute approximate surface area is 132 Å². The lowest BCUT2D eigenvalue weighted by Gasteiger charge is -2.15. The molecule has 2 N–H and O–H groups in total. The highest BCUT2D eigenvalue weighted by Gasteiger charge is 2.20. The second-order valence-electron chi connectivity index (χ2n) is 5.13. The highest BCUT2D eigenvalue weighted by atomic mass is 35.5. The van der Waals surface area contributed by atoms with Gasteiger partial charge in [-0.3, -0.25) is 0 Å². The smallest absolute Gasteiger partial charge is 0.240 e. The van der Waals surface area contributed by atoms with Crippen LogP contribution in [-0.4, -0.2) is 35.7 Å². The second kappa shape index (κ2) is 8.10. The fourth-order valence-electron chi connectivity index (χ4n) is 2.03. The van der Waals surface area contributed by atoms with Gasteiger partial charge in [0.25, 0.3) is 0 Å². The van der Waals surface area contributed by atoms with E-state index in [-0.39, 0.29) is 10.8 Å². The standard InChI is InChI=1S/C14H23ClN2O3S/c1-10(9-20-4)7-17-21(18,19)14-6-13(15)5-12(8-16-3)11(14)2/h5-6,10,16-17H,7-9H2,1-4H3. The van der Waals surface area contributed by atoms with Gasteiger partial charge in [-0.25, -0.2) is 13.1 Å². The van der Waals surface area contributed by atoms with Crippen LogP contribution in [0.4, 0.5) is 0 Å². The highest BCUT2D eigenvalue weighted by molar-refractivity contribution is 7.89. The molecule has 0 aliphatic carbocycles. The summed E-state index contributed by atoms with van der Waals surface area (Å²) in [6.45, 7) is 5.10. The molecule has 120 valence electrons. The Morgan fingerprint density at radius 3 is 2.62 bits per heavy atom. The molecule has 1 atom stereocenters. The average molecular weight is 335 g/mol. The third-order valence-electron chi connectivity index (χ3n) is 3.16. The maximum atomic E-state index is 12.4. The molecule has 1 aromatic carbocycles. The van der Waals surface area contributed by atoms with Gasteiger partial charge in [0.05, 0.1) is 4.90 Å². The Kier molecular flexibility index (Phi) is 7.09. The third-order valence-corrected chi connectivity index (χ3v) is 4.93. The van der Waals surface area contributed by atoms with Crippen molar-refractivity contribution in [1.29, 1.82) is 0 Å². The molecule has 0 amide bonds. The Morgan fingerprint density at radius 2 is 2.05 bits per heavy atom. The van der Waals surface area contributed by atoms with Crippen molar-refractivity contribution in [1.82, 2.24) is 10.0 Å². The topological polar surface area (TPSA) is 67.4 Å². The Bertz CT molecular complexity index is 576. The molecule has 0 spiro atoms. The number of ether oxygens (including phenoxy) is 1. The predicted octanol–water partition coefficient (Wildman–Crippen LogP) is 1.93. The van der Waals surface area contributed by atoms with Crippen LogP contribution in [0.1, 0.15) is 18.1 Å². The van der Waals surface area contributed by atoms with Gasteiger partial charge in [-0.15, -0.1) is 0 Å². The summed E-state index contributed by atoms with van der Waals surface area (Å²) in [6.07, 6.45) is 0. The average Bonchev–Trinajstić information content (AvgIpc) is 2.41. The van der Waals surface area contributed by atoms with Crippen molar-refractivity contribution in [3.8, 4) is 0 Å². The summed E-state index contributed by atoms with van der Waals surface area (Å²) in [5.74, 6) is 0.0982. The summed E-state index contributed by atoms with van der Waals surface area (Å²) >= 11 is 6.04. The van der Waals surface area contributed by atoms with Crippen LogP contribution in [0.2, 0.25) is 5.02 Å². The third kappa shape index (κ3) is 5.23. The molecule has 0 heterocycles. The Hall–Kier alpha value is -0.660.